The number of methoxy groups -OCH3 is 1. The summed E-state index contributed by atoms with van der Waals surface area (Å²) in [6, 6.07) is 8.65. The lowest BCUT2D eigenvalue weighted by atomic mass is 9.92. The highest BCUT2D eigenvalue weighted by Gasteiger charge is 2.26. The van der Waals surface area contributed by atoms with Crippen molar-refractivity contribution < 1.29 is 23.0 Å². The number of halogens is 2. The molecule has 0 spiro atoms. The molecule has 1 aliphatic carbocycles. The SMILES string of the molecule is CCC.CCc1ccc(C2CCC(OCC3=C(F)C(F)=C(OC)CC3)OC2)cc1. The Morgan fingerprint density at radius 2 is 1.69 bits per heavy atom. The molecular weight excluding hydrogens is 374 g/mol. The van der Waals surface area contributed by atoms with Crippen molar-refractivity contribution >= 4 is 0 Å². The average Bonchev–Trinajstić information content (AvgIpc) is 2.76. The molecule has 1 saturated heterocycles. The third kappa shape index (κ3) is 6.65. The van der Waals surface area contributed by atoms with Crippen LogP contribution in [0.15, 0.2) is 47.3 Å². The Hall–Kier alpha value is -1.72. The van der Waals surface area contributed by atoms with Gasteiger partial charge in [-0.2, -0.15) is 0 Å². The molecule has 3 nitrogen and oxygen atoms in total. The standard InChI is InChI=1S/C21H26F2O3.C3H8/c1-3-14-4-6-15(7-5-14)16-9-11-19(25-12-16)26-13-17-8-10-18(24-2)21(23)20(17)22;1-3-2/h4-7,16,19H,3,8-13H2,1-2H3;3H2,1-2H3. The maximum absolute atomic E-state index is 14.0. The molecule has 3 rings (SSSR count). The van der Waals surface area contributed by atoms with Crippen LogP contribution in [-0.4, -0.2) is 26.6 Å². The molecule has 0 radical (unpaired) electrons. The second kappa shape index (κ2) is 12.1. The van der Waals surface area contributed by atoms with Gasteiger partial charge in [0.15, 0.2) is 17.9 Å². The Bertz CT molecular complexity index is 687. The van der Waals surface area contributed by atoms with E-state index in [0.29, 0.717) is 30.9 Å². The molecule has 2 aliphatic rings. The first-order valence-electron chi connectivity index (χ1n) is 10.7. The number of allylic oxidation sites excluding steroid dienone is 3. The molecule has 0 saturated carbocycles. The van der Waals surface area contributed by atoms with Crippen LogP contribution in [0, 0.1) is 0 Å². The average molecular weight is 409 g/mol. The molecule has 1 aromatic carbocycles. The molecule has 1 heterocycles. The number of aryl methyl sites for hydroxylation is 1. The number of rotatable bonds is 6. The minimum atomic E-state index is -0.905. The van der Waals surface area contributed by atoms with E-state index in [-0.39, 0.29) is 18.7 Å². The molecule has 0 bridgehead atoms. The molecule has 0 N–H and O–H groups in total. The molecule has 1 fully saturated rings. The van der Waals surface area contributed by atoms with Crippen molar-refractivity contribution in [2.24, 2.45) is 0 Å². The molecular formula is C24H34F2O3. The molecule has 162 valence electrons. The maximum atomic E-state index is 14.0. The molecule has 2 unspecified atom stereocenters. The second-order valence-electron chi connectivity index (χ2n) is 7.51. The van der Waals surface area contributed by atoms with Crippen LogP contribution in [0.25, 0.3) is 0 Å². The minimum absolute atomic E-state index is 0.0524. The molecule has 5 heteroatoms. The van der Waals surface area contributed by atoms with Crippen LogP contribution in [0.4, 0.5) is 8.78 Å². The summed E-state index contributed by atoms with van der Waals surface area (Å²) >= 11 is 0. The van der Waals surface area contributed by atoms with Crippen molar-refractivity contribution in [3.05, 3.63) is 58.4 Å². The van der Waals surface area contributed by atoms with Crippen molar-refractivity contribution in [2.45, 2.75) is 71.5 Å². The normalized spacial score (nSPS) is 22.3. The lowest BCUT2D eigenvalue weighted by Gasteiger charge is -2.30. The summed E-state index contributed by atoms with van der Waals surface area (Å²) < 4.78 is 44.1. The Kier molecular flexibility index (Phi) is 9.82. The molecule has 0 amide bonds. The Morgan fingerprint density at radius 3 is 2.24 bits per heavy atom. The molecule has 29 heavy (non-hydrogen) atoms. The fourth-order valence-electron chi connectivity index (χ4n) is 3.43. The first-order chi connectivity index (χ1) is 14.0. The van der Waals surface area contributed by atoms with E-state index in [1.165, 1.54) is 24.7 Å². The fraction of sp³-hybridized carbons (Fsp3) is 0.583. The number of hydrogen-bond acceptors (Lipinski definition) is 3. The Balaban J connectivity index is 0.000000941. The van der Waals surface area contributed by atoms with E-state index in [4.69, 9.17) is 14.2 Å². The van der Waals surface area contributed by atoms with Gasteiger partial charge in [0.05, 0.1) is 20.3 Å². The highest BCUT2D eigenvalue weighted by molar-refractivity contribution is 5.32. The van der Waals surface area contributed by atoms with Crippen molar-refractivity contribution in [2.75, 3.05) is 20.3 Å². The largest absolute Gasteiger partial charge is 0.498 e. The van der Waals surface area contributed by atoms with Gasteiger partial charge < -0.3 is 14.2 Å². The maximum Gasteiger partial charge on any atom is 0.196 e. The molecule has 0 aromatic heterocycles. The summed E-state index contributed by atoms with van der Waals surface area (Å²) in [6.07, 6.45) is 4.39. The minimum Gasteiger partial charge on any atom is -0.498 e. The van der Waals surface area contributed by atoms with Gasteiger partial charge in [-0.05, 0) is 42.4 Å². The zero-order valence-electron chi connectivity index (χ0n) is 18.1. The summed E-state index contributed by atoms with van der Waals surface area (Å²) in [5.41, 5.74) is 2.94. The van der Waals surface area contributed by atoms with Gasteiger partial charge in [0.2, 0.25) is 0 Å². The monoisotopic (exact) mass is 408 g/mol. The molecule has 1 aromatic rings. The van der Waals surface area contributed by atoms with E-state index < -0.39 is 11.7 Å². The van der Waals surface area contributed by atoms with Gasteiger partial charge >= 0.3 is 0 Å². The molecule has 2 atom stereocenters. The lowest BCUT2D eigenvalue weighted by molar-refractivity contribution is -0.162. The quantitative estimate of drug-likeness (QED) is 0.521. The van der Waals surface area contributed by atoms with Crippen LogP contribution in [0.1, 0.15) is 69.9 Å². The Morgan fingerprint density at radius 1 is 1.00 bits per heavy atom. The van der Waals surface area contributed by atoms with E-state index in [0.717, 1.165) is 19.3 Å². The van der Waals surface area contributed by atoms with Gasteiger partial charge in [0, 0.05) is 12.3 Å². The topological polar surface area (TPSA) is 27.7 Å². The first-order valence-corrected chi connectivity index (χ1v) is 10.7. The smallest absolute Gasteiger partial charge is 0.196 e. The van der Waals surface area contributed by atoms with Crippen molar-refractivity contribution in [1.29, 1.82) is 0 Å². The van der Waals surface area contributed by atoms with Crippen LogP contribution in [0.2, 0.25) is 0 Å². The third-order valence-electron chi connectivity index (χ3n) is 5.19. The van der Waals surface area contributed by atoms with Gasteiger partial charge in [-0.15, -0.1) is 0 Å². The van der Waals surface area contributed by atoms with Gasteiger partial charge in [-0.1, -0.05) is 51.5 Å². The van der Waals surface area contributed by atoms with Crippen molar-refractivity contribution in [3.63, 3.8) is 0 Å². The van der Waals surface area contributed by atoms with Crippen molar-refractivity contribution in [3.8, 4) is 0 Å². The van der Waals surface area contributed by atoms with E-state index in [9.17, 15) is 8.78 Å². The summed E-state index contributed by atoms with van der Waals surface area (Å²) in [5, 5.41) is 0. The van der Waals surface area contributed by atoms with Gasteiger partial charge in [0.25, 0.3) is 0 Å². The second-order valence-corrected chi connectivity index (χ2v) is 7.51. The van der Waals surface area contributed by atoms with Crippen LogP contribution < -0.4 is 0 Å². The number of ether oxygens (including phenoxy) is 3. The van der Waals surface area contributed by atoms with Gasteiger partial charge in [-0.25, -0.2) is 8.78 Å². The highest BCUT2D eigenvalue weighted by atomic mass is 19.2. The molecule has 1 aliphatic heterocycles. The van der Waals surface area contributed by atoms with Crippen LogP contribution in [0.5, 0.6) is 0 Å². The Labute approximate surface area is 173 Å². The lowest BCUT2D eigenvalue weighted by Crippen LogP contribution is -2.28. The fourth-order valence-corrected chi connectivity index (χ4v) is 3.43. The van der Waals surface area contributed by atoms with Gasteiger partial charge in [-0.3, -0.25) is 0 Å². The van der Waals surface area contributed by atoms with Crippen LogP contribution in [0.3, 0.4) is 0 Å². The highest BCUT2D eigenvalue weighted by Crippen LogP contribution is 2.34. The summed E-state index contributed by atoms with van der Waals surface area (Å²) in [5.74, 6) is -1.33. The predicted molar refractivity (Wildman–Crippen MR) is 112 cm³/mol. The van der Waals surface area contributed by atoms with Crippen molar-refractivity contribution in [1.82, 2.24) is 0 Å². The van der Waals surface area contributed by atoms with Crippen LogP contribution in [-0.2, 0) is 20.6 Å². The van der Waals surface area contributed by atoms with Gasteiger partial charge in [0.1, 0.15) is 5.76 Å². The summed E-state index contributed by atoms with van der Waals surface area (Å²) in [6.45, 7) is 7.03. The first kappa shape index (κ1) is 23.6. The summed E-state index contributed by atoms with van der Waals surface area (Å²) in [7, 11) is 1.35. The van der Waals surface area contributed by atoms with E-state index >= 15 is 0 Å². The van der Waals surface area contributed by atoms with Crippen LogP contribution >= 0.6 is 0 Å². The zero-order valence-corrected chi connectivity index (χ0v) is 18.1. The predicted octanol–water partition coefficient (Wildman–Crippen LogP) is 6.75. The third-order valence-corrected chi connectivity index (χ3v) is 5.19. The number of benzene rings is 1. The summed E-state index contributed by atoms with van der Waals surface area (Å²) in [4.78, 5) is 0. The van der Waals surface area contributed by atoms with E-state index in [2.05, 4.69) is 45.0 Å². The number of hydrogen-bond donors (Lipinski definition) is 0. The van der Waals surface area contributed by atoms with E-state index in [1.54, 1.807) is 0 Å². The van der Waals surface area contributed by atoms with E-state index in [1.807, 2.05) is 0 Å². The zero-order chi connectivity index (χ0) is 21.2.